The fourth-order valence-corrected chi connectivity index (χ4v) is 3.26. The minimum atomic E-state index is -0.123. The quantitative estimate of drug-likeness (QED) is 0.835. The maximum atomic E-state index is 12.5. The summed E-state index contributed by atoms with van der Waals surface area (Å²) in [4.78, 5) is 35.3. The van der Waals surface area contributed by atoms with Crippen LogP contribution in [0.25, 0.3) is 0 Å². The first-order valence-electron chi connectivity index (χ1n) is 9.35. The number of ether oxygens (including phenoxy) is 1. The van der Waals surface area contributed by atoms with Crippen LogP contribution in [0.4, 0.5) is 0 Å². The van der Waals surface area contributed by atoms with Crippen LogP contribution >= 0.6 is 0 Å². The molecule has 1 aliphatic heterocycles. The fraction of sp³-hybridized carbons (Fsp3) is 0.450. The number of aromatic nitrogens is 2. The summed E-state index contributed by atoms with van der Waals surface area (Å²) >= 11 is 0. The smallest absolute Gasteiger partial charge is 0.251 e. The van der Waals surface area contributed by atoms with Crippen LogP contribution in [-0.4, -0.2) is 58.5 Å². The monoisotopic (exact) mass is 370 g/mol. The highest BCUT2D eigenvalue weighted by Crippen LogP contribution is 2.11. The molecular formula is C20H26N4O3. The summed E-state index contributed by atoms with van der Waals surface area (Å²) < 4.78 is 5.62. The Labute approximate surface area is 159 Å². The molecule has 0 bridgehead atoms. The Morgan fingerprint density at radius 2 is 2.00 bits per heavy atom. The molecule has 7 nitrogen and oxygen atoms in total. The molecule has 1 N–H and O–H groups in total. The van der Waals surface area contributed by atoms with E-state index in [9.17, 15) is 9.59 Å². The van der Waals surface area contributed by atoms with E-state index in [4.69, 9.17) is 4.74 Å². The molecular weight excluding hydrogens is 344 g/mol. The maximum absolute atomic E-state index is 12.5. The van der Waals surface area contributed by atoms with E-state index in [-0.39, 0.29) is 11.5 Å². The second kappa shape index (κ2) is 9.32. The van der Waals surface area contributed by atoms with Crippen LogP contribution < -0.4 is 10.3 Å². The standard InChI is InChI=1S/C20H26N4O3/c1-16-21-17(14-19(25)22-16)15-23-9-5-10-24(12-11-23)20(26)8-13-27-18-6-3-2-4-7-18/h2-4,6-7,14H,5,8-13,15H2,1H3,(H,21,22,25). The average Bonchev–Trinajstić information content (AvgIpc) is 2.87. The number of nitrogens with one attached hydrogen (secondary N) is 1. The van der Waals surface area contributed by atoms with Crippen molar-refractivity contribution in [2.24, 2.45) is 0 Å². The van der Waals surface area contributed by atoms with Crippen LogP contribution in [0.1, 0.15) is 24.4 Å². The van der Waals surface area contributed by atoms with Gasteiger partial charge in [-0.3, -0.25) is 14.5 Å². The number of carbonyl (C=O) groups excluding carboxylic acids is 1. The van der Waals surface area contributed by atoms with Crippen LogP contribution in [0.3, 0.4) is 0 Å². The number of benzene rings is 1. The summed E-state index contributed by atoms with van der Waals surface area (Å²) in [5, 5.41) is 0. The number of aromatic amines is 1. The summed E-state index contributed by atoms with van der Waals surface area (Å²) in [5.74, 6) is 1.54. The number of carbonyl (C=O) groups is 1. The van der Waals surface area contributed by atoms with E-state index in [0.717, 1.165) is 37.5 Å². The molecule has 0 atom stereocenters. The summed E-state index contributed by atoms with van der Waals surface area (Å²) in [7, 11) is 0. The number of amides is 1. The summed E-state index contributed by atoms with van der Waals surface area (Å²) in [6.07, 6.45) is 1.29. The van der Waals surface area contributed by atoms with Crippen molar-refractivity contribution in [2.45, 2.75) is 26.3 Å². The van der Waals surface area contributed by atoms with Gasteiger partial charge in [0.05, 0.1) is 18.7 Å². The van der Waals surface area contributed by atoms with Gasteiger partial charge in [-0.05, 0) is 25.5 Å². The van der Waals surface area contributed by atoms with Gasteiger partial charge in [0.25, 0.3) is 5.56 Å². The predicted molar refractivity (Wildman–Crippen MR) is 103 cm³/mol. The summed E-state index contributed by atoms with van der Waals surface area (Å²) in [6, 6.07) is 11.1. The van der Waals surface area contributed by atoms with E-state index in [1.165, 1.54) is 0 Å². The van der Waals surface area contributed by atoms with Crippen molar-refractivity contribution >= 4 is 5.91 Å². The molecule has 1 aromatic heterocycles. The maximum Gasteiger partial charge on any atom is 0.251 e. The van der Waals surface area contributed by atoms with Crippen LogP contribution in [-0.2, 0) is 11.3 Å². The lowest BCUT2D eigenvalue weighted by atomic mass is 10.3. The molecule has 3 rings (SSSR count). The van der Waals surface area contributed by atoms with E-state index in [1.54, 1.807) is 13.0 Å². The Kier molecular flexibility index (Phi) is 6.59. The second-order valence-electron chi connectivity index (χ2n) is 6.74. The number of nitrogens with zero attached hydrogens (tertiary/aromatic N) is 3. The predicted octanol–water partition coefficient (Wildman–Crippen LogP) is 1.58. The third-order valence-electron chi connectivity index (χ3n) is 4.57. The zero-order chi connectivity index (χ0) is 19.1. The van der Waals surface area contributed by atoms with Crippen LogP contribution in [0, 0.1) is 6.92 Å². The van der Waals surface area contributed by atoms with E-state index in [1.807, 2.05) is 35.2 Å². The van der Waals surface area contributed by atoms with Crippen molar-refractivity contribution in [3.05, 3.63) is 58.3 Å². The summed E-state index contributed by atoms with van der Waals surface area (Å²) in [5.41, 5.74) is 0.648. The number of rotatable bonds is 6. The van der Waals surface area contributed by atoms with Gasteiger partial charge < -0.3 is 14.6 Å². The van der Waals surface area contributed by atoms with Crippen molar-refractivity contribution in [1.82, 2.24) is 19.8 Å². The van der Waals surface area contributed by atoms with Gasteiger partial charge in [0, 0.05) is 38.8 Å². The average molecular weight is 370 g/mol. The van der Waals surface area contributed by atoms with Gasteiger partial charge in [-0.15, -0.1) is 0 Å². The van der Waals surface area contributed by atoms with Crippen molar-refractivity contribution in [2.75, 3.05) is 32.8 Å². The Morgan fingerprint density at radius 3 is 2.78 bits per heavy atom. The topological polar surface area (TPSA) is 78.5 Å². The van der Waals surface area contributed by atoms with Gasteiger partial charge in [0.2, 0.25) is 5.91 Å². The first-order valence-corrected chi connectivity index (χ1v) is 9.35. The molecule has 1 aromatic carbocycles. The third kappa shape index (κ3) is 5.92. The fourth-order valence-electron chi connectivity index (χ4n) is 3.26. The van der Waals surface area contributed by atoms with Gasteiger partial charge in [0.1, 0.15) is 11.6 Å². The van der Waals surface area contributed by atoms with Gasteiger partial charge in [0.15, 0.2) is 0 Å². The normalized spacial score (nSPS) is 15.4. The Hall–Kier alpha value is -2.67. The lowest BCUT2D eigenvalue weighted by Gasteiger charge is -2.22. The molecule has 1 aliphatic rings. The zero-order valence-electron chi connectivity index (χ0n) is 15.7. The number of para-hydroxylation sites is 1. The van der Waals surface area contributed by atoms with E-state index in [0.29, 0.717) is 31.9 Å². The Bertz CT molecular complexity index is 806. The minimum Gasteiger partial charge on any atom is -0.493 e. The highest BCUT2D eigenvalue weighted by molar-refractivity contribution is 5.76. The molecule has 1 saturated heterocycles. The first-order chi connectivity index (χ1) is 13.1. The van der Waals surface area contributed by atoms with Gasteiger partial charge >= 0.3 is 0 Å². The van der Waals surface area contributed by atoms with Gasteiger partial charge in [-0.2, -0.15) is 0 Å². The van der Waals surface area contributed by atoms with Crippen molar-refractivity contribution in [3.63, 3.8) is 0 Å². The van der Waals surface area contributed by atoms with Crippen LogP contribution in [0.2, 0.25) is 0 Å². The largest absolute Gasteiger partial charge is 0.493 e. The number of aryl methyl sites for hydroxylation is 1. The van der Waals surface area contributed by atoms with Crippen molar-refractivity contribution < 1.29 is 9.53 Å². The first kappa shape index (κ1) is 19.1. The molecule has 144 valence electrons. The van der Waals surface area contributed by atoms with Crippen LogP contribution in [0.15, 0.2) is 41.2 Å². The number of hydrogen-bond donors (Lipinski definition) is 1. The third-order valence-corrected chi connectivity index (χ3v) is 4.57. The van der Waals surface area contributed by atoms with Gasteiger partial charge in [-0.25, -0.2) is 4.98 Å². The number of H-pyrrole nitrogens is 1. The van der Waals surface area contributed by atoms with Crippen LogP contribution in [0.5, 0.6) is 5.75 Å². The highest BCUT2D eigenvalue weighted by atomic mass is 16.5. The van der Waals surface area contributed by atoms with Gasteiger partial charge in [-0.1, -0.05) is 18.2 Å². The Morgan fingerprint density at radius 1 is 1.19 bits per heavy atom. The molecule has 7 heteroatoms. The zero-order valence-corrected chi connectivity index (χ0v) is 15.7. The van der Waals surface area contributed by atoms with E-state index >= 15 is 0 Å². The molecule has 1 fully saturated rings. The molecule has 0 radical (unpaired) electrons. The van der Waals surface area contributed by atoms with E-state index < -0.39 is 0 Å². The lowest BCUT2D eigenvalue weighted by Crippen LogP contribution is -2.35. The molecule has 0 saturated carbocycles. The lowest BCUT2D eigenvalue weighted by molar-refractivity contribution is -0.131. The second-order valence-corrected chi connectivity index (χ2v) is 6.74. The molecule has 2 heterocycles. The van der Waals surface area contributed by atoms with Crippen molar-refractivity contribution in [3.8, 4) is 5.75 Å². The molecule has 0 aliphatic carbocycles. The summed E-state index contributed by atoms with van der Waals surface area (Å²) in [6.45, 7) is 5.90. The molecule has 0 unspecified atom stereocenters. The van der Waals surface area contributed by atoms with Crippen molar-refractivity contribution in [1.29, 1.82) is 0 Å². The number of hydrogen-bond acceptors (Lipinski definition) is 5. The minimum absolute atomic E-state index is 0.123. The SMILES string of the molecule is Cc1nc(CN2CCCN(C(=O)CCOc3ccccc3)CC2)cc(=O)[nH]1. The molecule has 27 heavy (non-hydrogen) atoms. The Balaban J connectivity index is 1.46. The molecule has 1 amide bonds. The molecule has 2 aromatic rings. The molecule has 0 spiro atoms. The van der Waals surface area contributed by atoms with E-state index in [2.05, 4.69) is 14.9 Å². The highest BCUT2D eigenvalue weighted by Gasteiger charge is 2.19.